The first-order valence-corrected chi connectivity index (χ1v) is 6.67. The summed E-state index contributed by atoms with van der Waals surface area (Å²) in [7, 11) is 0. The van der Waals surface area contributed by atoms with E-state index in [0.717, 1.165) is 17.1 Å². The van der Waals surface area contributed by atoms with Gasteiger partial charge in [0, 0.05) is 12.1 Å². The van der Waals surface area contributed by atoms with E-state index in [0.29, 0.717) is 5.15 Å². The Labute approximate surface area is 119 Å². The maximum atomic E-state index is 10.8. The Kier molecular flexibility index (Phi) is 12.8. The minimum Gasteiger partial charge on any atom is -0.257 e. The fraction of sp³-hybridized carbons (Fsp3) is 0.571. The van der Waals surface area contributed by atoms with Crippen LogP contribution >= 0.6 is 11.6 Å². The van der Waals surface area contributed by atoms with Crippen molar-refractivity contribution in [3.05, 3.63) is 23.0 Å². The molecule has 0 N–H and O–H groups in total. The van der Waals surface area contributed by atoms with Gasteiger partial charge in [-0.25, -0.2) is 13.8 Å². The molecule has 0 amide bonds. The van der Waals surface area contributed by atoms with Crippen molar-refractivity contribution in [1.82, 2.24) is 4.98 Å². The monoisotopic (exact) mass is 292 g/mol. The maximum absolute atomic E-state index is 10.8. The van der Waals surface area contributed by atoms with Crippen molar-refractivity contribution >= 4 is 23.0 Å². The fourth-order valence-corrected chi connectivity index (χ4v) is 1.07. The molecule has 0 aliphatic carbocycles. The molecule has 0 radical (unpaired) electrons. The van der Waals surface area contributed by atoms with E-state index in [1.165, 1.54) is 6.92 Å². The van der Waals surface area contributed by atoms with E-state index < -0.39 is 6.43 Å². The van der Waals surface area contributed by atoms with Crippen LogP contribution in [0.25, 0.3) is 0 Å². The van der Waals surface area contributed by atoms with Crippen LogP contribution < -0.4 is 0 Å². The molecule has 0 aliphatic heterocycles. The van der Waals surface area contributed by atoms with Crippen molar-refractivity contribution in [1.29, 1.82) is 0 Å². The molecule has 0 aromatic carbocycles. The number of aliphatic imine (C=N–C) groups is 1. The number of rotatable bonds is 2. The molecule has 0 saturated carbocycles. The first-order valence-electron chi connectivity index (χ1n) is 6.30. The SMILES string of the molecule is CC.CC(C)=Nc1ccc(Cl)nc1C.CCC(F)F. The number of alkyl halides is 2. The standard InChI is InChI=1S/C9H11ClN2.C3H6F2.C2H6/c1-6(2)11-8-4-5-9(10)12-7(8)3;1-2-3(4)5;1-2/h4-5H,1-3H3;3H,2H2,1H3;1-2H3. The van der Waals surface area contributed by atoms with Crippen LogP contribution in [0.2, 0.25) is 5.15 Å². The molecule has 0 unspecified atom stereocenters. The van der Waals surface area contributed by atoms with Gasteiger partial charge in [-0.2, -0.15) is 0 Å². The van der Waals surface area contributed by atoms with E-state index >= 15 is 0 Å². The van der Waals surface area contributed by atoms with Crippen molar-refractivity contribution < 1.29 is 8.78 Å². The van der Waals surface area contributed by atoms with E-state index in [1.807, 2.05) is 40.7 Å². The molecule has 1 rings (SSSR count). The van der Waals surface area contributed by atoms with E-state index in [1.54, 1.807) is 6.07 Å². The fourth-order valence-electron chi connectivity index (χ4n) is 0.882. The third-order valence-corrected chi connectivity index (χ3v) is 1.89. The van der Waals surface area contributed by atoms with Crippen molar-refractivity contribution in [3.63, 3.8) is 0 Å². The van der Waals surface area contributed by atoms with Gasteiger partial charge in [-0.3, -0.25) is 4.99 Å². The second kappa shape index (κ2) is 12.0. The molecule has 0 bridgehead atoms. The van der Waals surface area contributed by atoms with Gasteiger partial charge < -0.3 is 0 Å². The molecule has 0 atom stereocenters. The smallest absolute Gasteiger partial charge is 0.238 e. The van der Waals surface area contributed by atoms with Crippen LogP contribution in [0.1, 0.15) is 46.7 Å². The zero-order chi connectivity index (χ0) is 15.4. The second-order valence-corrected chi connectivity index (χ2v) is 3.98. The lowest BCUT2D eigenvalue weighted by atomic mass is 10.3. The Morgan fingerprint density at radius 2 is 1.79 bits per heavy atom. The van der Waals surface area contributed by atoms with Gasteiger partial charge in [0.15, 0.2) is 0 Å². The van der Waals surface area contributed by atoms with Gasteiger partial charge in [0.2, 0.25) is 6.43 Å². The van der Waals surface area contributed by atoms with Gasteiger partial charge in [-0.1, -0.05) is 32.4 Å². The molecule has 0 aliphatic rings. The lowest BCUT2D eigenvalue weighted by Crippen LogP contribution is -1.85. The molecule has 1 heterocycles. The summed E-state index contributed by atoms with van der Waals surface area (Å²) in [6.07, 6.45) is -2.14. The topological polar surface area (TPSA) is 25.2 Å². The van der Waals surface area contributed by atoms with Crippen LogP contribution in [0.3, 0.4) is 0 Å². The maximum Gasteiger partial charge on any atom is 0.238 e. The summed E-state index contributed by atoms with van der Waals surface area (Å²) in [5.41, 5.74) is 2.77. The number of pyridine rings is 1. The number of nitrogens with zero attached hydrogens (tertiary/aromatic N) is 2. The first-order chi connectivity index (χ1) is 8.86. The van der Waals surface area contributed by atoms with E-state index in [4.69, 9.17) is 11.6 Å². The summed E-state index contributed by atoms with van der Waals surface area (Å²) < 4.78 is 21.5. The predicted octanol–water partition coefficient (Wildman–Crippen LogP) is 5.84. The van der Waals surface area contributed by atoms with Gasteiger partial charge in [0.1, 0.15) is 5.15 Å². The highest BCUT2D eigenvalue weighted by molar-refractivity contribution is 6.29. The molecule has 5 heteroatoms. The van der Waals surface area contributed by atoms with Gasteiger partial charge in [-0.15, -0.1) is 0 Å². The van der Waals surface area contributed by atoms with E-state index in [-0.39, 0.29) is 6.42 Å². The quantitative estimate of drug-likeness (QED) is 0.496. The molecular weight excluding hydrogens is 270 g/mol. The summed E-state index contributed by atoms with van der Waals surface area (Å²) in [6.45, 7) is 11.3. The van der Waals surface area contributed by atoms with Gasteiger partial charge in [-0.05, 0) is 32.9 Å². The third-order valence-electron chi connectivity index (χ3n) is 1.68. The highest BCUT2D eigenvalue weighted by Crippen LogP contribution is 2.18. The van der Waals surface area contributed by atoms with Crippen LogP contribution in [-0.2, 0) is 0 Å². The molecule has 110 valence electrons. The summed E-state index contributed by atoms with van der Waals surface area (Å²) in [4.78, 5) is 8.38. The Balaban J connectivity index is 0. The van der Waals surface area contributed by atoms with Crippen molar-refractivity contribution in [2.75, 3.05) is 0 Å². The van der Waals surface area contributed by atoms with Gasteiger partial charge in [0.05, 0.1) is 11.4 Å². The number of hydrogen-bond acceptors (Lipinski definition) is 2. The number of hydrogen-bond donors (Lipinski definition) is 0. The Morgan fingerprint density at radius 1 is 1.32 bits per heavy atom. The molecule has 0 saturated heterocycles. The average Bonchev–Trinajstić information content (AvgIpc) is 2.35. The van der Waals surface area contributed by atoms with Gasteiger partial charge in [0.25, 0.3) is 0 Å². The first kappa shape index (κ1) is 20.3. The Morgan fingerprint density at radius 3 is 2.11 bits per heavy atom. The van der Waals surface area contributed by atoms with Crippen molar-refractivity contribution in [2.45, 2.75) is 54.4 Å². The Hall–Kier alpha value is -1.03. The number of halogens is 3. The Bertz CT molecular complexity index is 376. The van der Waals surface area contributed by atoms with E-state index in [9.17, 15) is 8.78 Å². The molecule has 2 nitrogen and oxygen atoms in total. The van der Waals surface area contributed by atoms with E-state index in [2.05, 4.69) is 9.98 Å². The molecule has 0 spiro atoms. The normalized spacial score (nSPS) is 8.95. The zero-order valence-electron chi connectivity index (χ0n) is 12.5. The second-order valence-electron chi connectivity index (χ2n) is 3.60. The van der Waals surface area contributed by atoms with Crippen molar-refractivity contribution in [2.24, 2.45) is 4.99 Å². The molecule has 1 aromatic heterocycles. The number of aromatic nitrogens is 1. The largest absolute Gasteiger partial charge is 0.257 e. The lowest BCUT2D eigenvalue weighted by molar-refractivity contribution is 0.144. The highest BCUT2D eigenvalue weighted by atomic mass is 35.5. The lowest BCUT2D eigenvalue weighted by Gasteiger charge is -1.99. The molecule has 0 fully saturated rings. The van der Waals surface area contributed by atoms with Crippen LogP contribution in [0.15, 0.2) is 17.1 Å². The summed E-state index contributed by atoms with van der Waals surface area (Å²) >= 11 is 5.69. The van der Waals surface area contributed by atoms with Crippen LogP contribution in [0.4, 0.5) is 14.5 Å². The van der Waals surface area contributed by atoms with Crippen molar-refractivity contribution in [3.8, 4) is 0 Å². The predicted molar refractivity (Wildman–Crippen MR) is 80.1 cm³/mol. The summed E-state index contributed by atoms with van der Waals surface area (Å²) in [6, 6.07) is 3.62. The summed E-state index contributed by atoms with van der Waals surface area (Å²) in [5.74, 6) is 0. The number of aryl methyl sites for hydroxylation is 1. The van der Waals surface area contributed by atoms with Gasteiger partial charge >= 0.3 is 0 Å². The highest BCUT2D eigenvalue weighted by Gasteiger charge is 1.97. The molecular formula is C14H23ClF2N2. The van der Waals surface area contributed by atoms with Crippen LogP contribution in [-0.4, -0.2) is 17.1 Å². The average molecular weight is 293 g/mol. The molecule has 1 aromatic rings. The van der Waals surface area contributed by atoms with Crippen LogP contribution in [0.5, 0.6) is 0 Å². The molecule has 19 heavy (non-hydrogen) atoms. The zero-order valence-corrected chi connectivity index (χ0v) is 13.2. The van der Waals surface area contributed by atoms with Crippen LogP contribution in [0, 0.1) is 6.92 Å². The summed E-state index contributed by atoms with van der Waals surface area (Å²) in [5, 5.41) is 0.514. The minimum atomic E-state index is -2.12. The minimum absolute atomic E-state index is 0.0278. The third kappa shape index (κ3) is 11.8.